The van der Waals surface area contributed by atoms with Gasteiger partial charge >= 0.3 is 0 Å². The number of aromatic nitrogens is 3. The summed E-state index contributed by atoms with van der Waals surface area (Å²) >= 11 is 0. The van der Waals surface area contributed by atoms with E-state index in [-0.39, 0.29) is 11.8 Å². The molecule has 31 heavy (non-hydrogen) atoms. The average Bonchev–Trinajstić information content (AvgIpc) is 3.22. The SMILES string of the molecule is CCOc1ccc([C@H]2C3=C(CCCC3=O)Nc3nc(-c4ccc(OC)cc4)nn32)cc1. The van der Waals surface area contributed by atoms with Crippen molar-refractivity contribution in [3.8, 4) is 22.9 Å². The normalized spacial score (nSPS) is 17.6. The van der Waals surface area contributed by atoms with E-state index in [0.29, 0.717) is 24.8 Å². The van der Waals surface area contributed by atoms with Crippen molar-refractivity contribution in [2.75, 3.05) is 19.0 Å². The number of Topliss-reactive ketones (excluding diaryl/α,β-unsaturated/α-hetero) is 1. The van der Waals surface area contributed by atoms with E-state index >= 15 is 0 Å². The van der Waals surface area contributed by atoms with Crippen molar-refractivity contribution >= 4 is 11.7 Å². The van der Waals surface area contributed by atoms with Crippen molar-refractivity contribution in [2.45, 2.75) is 32.2 Å². The highest BCUT2D eigenvalue weighted by molar-refractivity contribution is 5.99. The molecule has 1 atom stereocenters. The predicted octanol–water partition coefficient (Wildman–Crippen LogP) is 4.37. The second-order valence-electron chi connectivity index (χ2n) is 7.63. The Bertz CT molecular complexity index is 1150. The Morgan fingerprint density at radius 3 is 2.52 bits per heavy atom. The van der Waals surface area contributed by atoms with E-state index in [1.54, 1.807) is 7.11 Å². The number of ether oxygens (including phenoxy) is 2. The molecule has 0 radical (unpaired) electrons. The summed E-state index contributed by atoms with van der Waals surface area (Å²) in [5, 5.41) is 8.18. The van der Waals surface area contributed by atoms with Gasteiger partial charge in [0, 0.05) is 23.3 Å². The van der Waals surface area contributed by atoms with Gasteiger partial charge in [-0.3, -0.25) is 4.79 Å². The van der Waals surface area contributed by atoms with Gasteiger partial charge in [0.05, 0.1) is 13.7 Å². The second-order valence-corrected chi connectivity index (χ2v) is 7.63. The number of nitrogens with zero attached hydrogens (tertiary/aromatic N) is 3. The van der Waals surface area contributed by atoms with Crippen molar-refractivity contribution in [1.82, 2.24) is 14.8 Å². The molecule has 5 rings (SSSR count). The van der Waals surface area contributed by atoms with Crippen LogP contribution in [0, 0.1) is 0 Å². The third-order valence-corrected chi connectivity index (χ3v) is 5.72. The zero-order valence-corrected chi connectivity index (χ0v) is 17.6. The monoisotopic (exact) mass is 416 g/mol. The Morgan fingerprint density at radius 2 is 1.81 bits per heavy atom. The molecule has 0 saturated carbocycles. The van der Waals surface area contributed by atoms with Crippen LogP contribution in [0.25, 0.3) is 11.4 Å². The summed E-state index contributed by atoms with van der Waals surface area (Å²) in [6.45, 7) is 2.57. The van der Waals surface area contributed by atoms with E-state index in [1.165, 1.54) is 0 Å². The second kappa shape index (κ2) is 7.91. The van der Waals surface area contributed by atoms with Gasteiger partial charge in [-0.2, -0.15) is 4.98 Å². The maximum absolute atomic E-state index is 12.9. The van der Waals surface area contributed by atoms with Gasteiger partial charge in [-0.15, -0.1) is 5.10 Å². The van der Waals surface area contributed by atoms with Gasteiger partial charge in [0.25, 0.3) is 0 Å². The van der Waals surface area contributed by atoms with Crippen LogP contribution in [0.15, 0.2) is 59.8 Å². The van der Waals surface area contributed by atoms with Crippen LogP contribution in [0.3, 0.4) is 0 Å². The highest BCUT2D eigenvalue weighted by Crippen LogP contribution is 2.41. The zero-order valence-electron chi connectivity index (χ0n) is 17.6. The van der Waals surface area contributed by atoms with Crippen molar-refractivity contribution in [3.63, 3.8) is 0 Å². The number of methoxy groups -OCH3 is 1. The third kappa shape index (κ3) is 3.46. The smallest absolute Gasteiger partial charge is 0.226 e. The summed E-state index contributed by atoms with van der Waals surface area (Å²) in [4.78, 5) is 17.7. The fraction of sp³-hybridized carbons (Fsp3) is 0.292. The lowest BCUT2D eigenvalue weighted by molar-refractivity contribution is -0.116. The number of rotatable bonds is 5. The number of hydrogen-bond acceptors (Lipinski definition) is 6. The molecule has 3 aromatic rings. The standard InChI is InChI=1S/C24H24N4O3/c1-3-31-18-13-7-15(8-14-18)22-21-19(5-4-6-20(21)29)25-24-26-23(27-28(22)24)16-9-11-17(30-2)12-10-16/h7-14,22H,3-6H2,1-2H3,(H,25,26,27)/t22-/m0/s1. The Balaban J connectivity index is 1.59. The van der Waals surface area contributed by atoms with E-state index in [4.69, 9.17) is 19.6 Å². The molecule has 0 amide bonds. The minimum Gasteiger partial charge on any atom is -0.497 e. The fourth-order valence-electron chi connectivity index (χ4n) is 4.24. The zero-order chi connectivity index (χ0) is 21.4. The van der Waals surface area contributed by atoms with Gasteiger partial charge in [0.15, 0.2) is 11.6 Å². The number of benzene rings is 2. The number of ketones is 1. The van der Waals surface area contributed by atoms with E-state index in [9.17, 15) is 4.79 Å². The van der Waals surface area contributed by atoms with Crippen molar-refractivity contribution in [1.29, 1.82) is 0 Å². The number of hydrogen-bond donors (Lipinski definition) is 1. The molecule has 0 fully saturated rings. The lowest BCUT2D eigenvalue weighted by atomic mass is 9.85. The average molecular weight is 416 g/mol. The molecule has 158 valence electrons. The number of allylic oxidation sites excluding steroid dienone is 2. The molecule has 1 aromatic heterocycles. The lowest BCUT2D eigenvalue weighted by Crippen LogP contribution is -2.31. The van der Waals surface area contributed by atoms with Crippen LogP contribution in [-0.2, 0) is 4.79 Å². The van der Waals surface area contributed by atoms with E-state index in [0.717, 1.165) is 46.7 Å². The maximum Gasteiger partial charge on any atom is 0.226 e. The quantitative estimate of drug-likeness (QED) is 0.665. The third-order valence-electron chi connectivity index (χ3n) is 5.72. The highest BCUT2D eigenvalue weighted by Gasteiger charge is 2.36. The van der Waals surface area contributed by atoms with Gasteiger partial charge in [0.2, 0.25) is 5.95 Å². The topological polar surface area (TPSA) is 78.3 Å². The Kier molecular flexibility index (Phi) is 4.94. The summed E-state index contributed by atoms with van der Waals surface area (Å²) in [5.74, 6) is 3.01. The number of nitrogens with one attached hydrogen (secondary N) is 1. The van der Waals surface area contributed by atoms with Crippen LogP contribution >= 0.6 is 0 Å². The van der Waals surface area contributed by atoms with Gasteiger partial charge in [-0.1, -0.05) is 12.1 Å². The Labute approximate surface area is 180 Å². The first-order chi connectivity index (χ1) is 15.2. The number of fused-ring (bicyclic) bond motifs is 1. The molecule has 1 N–H and O–H groups in total. The van der Waals surface area contributed by atoms with Crippen molar-refractivity contribution in [2.24, 2.45) is 0 Å². The molecule has 0 unspecified atom stereocenters. The first kappa shape index (κ1) is 19.4. The molecular formula is C24H24N4O3. The van der Waals surface area contributed by atoms with Gasteiger partial charge in [-0.05, 0) is 61.7 Å². The molecule has 2 aromatic carbocycles. The lowest BCUT2D eigenvalue weighted by Gasteiger charge is -2.32. The molecule has 2 aliphatic rings. The summed E-state index contributed by atoms with van der Waals surface area (Å²) in [6, 6.07) is 15.2. The molecule has 0 bridgehead atoms. The summed E-state index contributed by atoms with van der Waals surface area (Å²) in [6.07, 6.45) is 2.24. The Morgan fingerprint density at radius 1 is 1.06 bits per heavy atom. The summed E-state index contributed by atoms with van der Waals surface area (Å²) in [5.41, 5.74) is 3.62. The number of carbonyl (C=O) groups excluding carboxylic acids is 1. The minimum absolute atomic E-state index is 0.166. The first-order valence-corrected chi connectivity index (χ1v) is 10.5. The molecular weight excluding hydrogens is 392 g/mol. The minimum atomic E-state index is -0.311. The van der Waals surface area contributed by atoms with Crippen LogP contribution in [0.4, 0.5) is 5.95 Å². The number of carbonyl (C=O) groups is 1. The van der Waals surface area contributed by atoms with Gasteiger partial charge in [-0.25, -0.2) is 4.68 Å². The van der Waals surface area contributed by atoms with E-state index in [1.807, 2.05) is 60.1 Å². The molecule has 0 spiro atoms. The van der Waals surface area contributed by atoms with Crippen molar-refractivity contribution in [3.05, 3.63) is 65.4 Å². The molecule has 2 heterocycles. The van der Waals surface area contributed by atoms with E-state index in [2.05, 4.69) is 5.32 Å². The van der Waals surface area contributed by atoms with Crippen LogP contribution < -0.4 is 14.8 Å². The van der Waals surface area contributed by atoms with Crippen LogP contribution in [-0.4, -0.2) is 34.3 Å². The van der Waals surface area contributed by atoms with Crippen LogP contribution in [0.1, 0.15) is 37.8 Å². The van der Waals surface area contributed by atoms with Gasteiger partial charge < -0.3 is 14.8 Å². The maximum atomic E-state index is 12.9. The van der Waals surface area contributed by atoms with Crippen LogP contribution in [0.5, 0.6) is 11.5 Å². The number of anilines is 1. The fourth-order valence-corrected chi connectivity index (χ4v) is 4.24. The first-order valence-electron chi connectivity index (χ1n) is 10.5. The molecule has 7 nitrogen and oxygen atoms in total. The largest absolute Gasteiger partial charge is 0.497 e. The molecule has 7 heteroatoms. The summed E-state index contributed by atoms with van der Waals surface area (Å²) < 4.78 is 12.7. The Hall–Kier alpha value is -3.61. The van der Waals surface area contributed by atoms with Crippen molar-refractivity contribution < 1.29 is 14.3 Å². The van der Waals surface area contributed by atoms with Gasteiger partial charge in [0.1, 0.15) is 17.5 Å². The van der Waals surface area contributed by atoms with Crippen LogP contribution in [0.2, 0.25) is 0 Å². The molecule has 1 aliphatic carbocycles. The summed E-state index contributed by atoms with van der Waals surface area (Å²) in [7, 11) is 1.64. The molecule has 0 saturated heterocycles. The predicted molar refractivity (Wildman–Crippen MR) is 117 cm³/mol. The highest BCUT2D eigenvalue weighted by atomic mass is 16.5. The van der Waals surface area contributed by atoms with E-state index < -0.39 is 0 Å². The molecule has 1 aliphatic heterocycles.